The minimum absolute atomic E-state index is 0.448. The molecule has 0 spiro atoms. The standard InChI is InChI=1S/C17H34N2Se/c18-15-10-7-11-16(19)17(20-13-12-15)14-8-5-3-1-2-4-6-9-14/h14-17H,1-13,18-19H2. The molecule has 2 aliphatic rings. The Bertz CT molecular complexity index is 249. The van der Waals surface area contributed by atoms with E-state index in [1.54, 1.807) is 0 Å². The van der Waals surface area contributed by atoms with Crippen LogP contribution in [-0.2, 0) is 0 Å². The zero-order valence-corrected chi connectivity index (χ0v) is 14.8. The second-order valence-electron chi connectivity index (χ2n) is 6.94. The van der Waals surface area contributed by atoms with Gasteiger partial charge in [0.05, 0.1) is 0 Å². The first-order valence-electron chi connectivity index (χ1n) is 8.90. The van der Waals surface area contributed by atoms with Crippen molar-refractivity contribution in [2.24, 2.45) is 17.4 Å². The van der Waals surface area contributed by atoms with Crippen LogP contribution in [0.2, 0.25) is 10.1 Å². The molecule has 1 aliphatic carbocycles. The van der Waals surface area contributed by atoms with Gasteiger partial charge >= 0.3 is 132 Å². The van der Waals surface area contributed by atoms with Crippen LogP contribution in [0, 0.1) is 5.92 Å². The molecule has 1 aliphatic heterocycles. The van der Waals surface area contributed by atoms with Crippen LogP contribution >= 0.6 is 0 Å². The van der Waals surface area contributed by atoms with E-state index in [1.807, 2.05) is 0 Å². The third-order valence-electron chi connectivity index (χ3n) is 5.20. The molecule has 0 amide bonds. The number of hydrogen-bond acceptors (Lipinski definition) is 2. The van der Waals surface area contributed by atoms with E-state index in [0.29, 0.717) is 12.1 Å². The van der Waals surface area contributed by atoms with Crippen molar-refractivity contribution in [3.05, 3.63) is 0 Å². The molecule has 20 heavy (non-hydrogen) atoms. The Hall–Kier alpha value is 0.439. The maximum absolute atomic E-state index is 6.60. The van der Waals surface area contributed by atoms with Crippen molar-refractivity contribution in [3.63, 3.8) is 0 Å². The summed E-state index contributed by atoms with van der Waals surface area (Å²) in [7, 11) is 0. The van der Waals surface area contributed by atoms with E-state index in [2.05, 4.69) is 0 Å². The molecule has 2 nitrogen and oxygen atoms in total. The predicted octanol–water partition coefficient (Wildman–Crippen LogP) is 3.88. The molecule has 0 aromatic rings. The number of rotatable bonds is 1. The Kier molecular flexibility index (Phi) is 7.94. The Morgan fingerprint density at radius 3 is 2.00 bits per heavy atom. The number of hydrogen-bond donors (Lipinski definition) is 2. The summed E-state index contributed by atoms with van der Waals surface area (Å²) in [5.74, 6) is 0.928. The van der Waals surface area contributed by atoms with Crippen LogP contribution in [0.5, 0.6) is 0 Å². The van der Waals surface area contributed by atoms with Gasteiger partial charge in [-0.05, 0) is 0 Å². The molecule has 1 heterocycles. The molecule has 4 N–H and O–H groups in total. The third-order valence-corrected chi connectivity index (χ3v) is 8.54. The SMILES string of the molecule is NC1CCCC(N)C(C2CCCCCCCC2)[Se]CC1. The van der Waals surface area contributed by atoms with Gasteiger partial charge in [0.1, 0.15) is 0 Å². The molecule has 3 unspecified atom stereocenters. The van der Waals surface area contributed by atoms with Crippen LogP contribution in [-0.4, -0.2) is 27.0 Å². The second kappa shape index (κ2) is 9.46. The molecule has 0 aromatic carbocycles. The van der Waals surface area contributed by atoms with Crippen molar-refractivity contribution < 1.29 is 0 Å². The fourth-order valence-corrected chi connectivity index (χ4v) is 7.32. The Morgan fingerprint density at radius 1 is 0.650 bits per heavy atom. The number of nitrogens with two attached hydrogens (primary N) is 2. The average Bonchev–Trinajstić information content (AvgIpc) is 2.60. The van der Waals surface area contributed by atoms with E-state index < -0.39 is 0 Å². The van der Waals surface area contributed by atoms with E-state index in [0.717, 1.165) is 25.7 Å². The van der Waals surface area contributed by atoms with E-state index in [4.69, 9.17) is 11.5 Å². The Morgan fingerprint density at radius 2 is 1.30 bits per heavy atom. The summed E-state index contributed by atoms with van der Waals surface area (Å²) in [6.45, 7) is 0. The zero-order valence-electron chi connectivity index (χ0n) is 13.1. The van der Waals surface area contributed by atoms with Gasteiger partial charge in [0, 0.05) is 0 Å². The molecule has 2 fully saturated rings. The van der Waals surface area contributed by atoms with Crippen molar-refractivity contribution in [2.75, 3.05) is 0 Å². The second-order valence-corrected chi connectivity index (χ2v) is 9.64. The molecule has 0 bridgehead atoms. The van der Waals surface area contributed by atoms with Gasteiger partial charge < -0.3 is 0 Å². The summed E-state index contributed by atoms with van der Waals surface area (Å²) < 4.78 is 0. The Labute approximate surface area is 132 Å². The van der Waals surface area contributed by atoms with Crippen molar-refractivity contribution in [2.45, 2.75) is 99.3 Å². The Balaban J connectivity index is 1.93. The van der Waals surface area contributed by atoms with E-state index in [9.17, 15) is 0 Å². The van der Waals surface area contributed by atoms with Gasteiger partial charge in [-0.25, -0.2) is 0 Å². The summed E-state index contributed by atoms with van der Waals surface area (Å²) in [5.41, 5.74) is 12.8. The summed E-state index contributed by atoms with van der Waals surface area (Å²) >= 11 is 0.722. The van der Waals surface area contributed by atoms with E-state index in [1.165, 1.54) is 82.4 Å². The topological polar surface area (TPSA) is 52.0 Å². The summed E-state index contributed by atoms with van der Waals surface area (Å²) in [6, 6.07) is 0.911. The van der Waals surface area contributed by atoms with Crippen LogP contribution in [0.3, 0.4) is 0 Å². The monoisotopic (exact) mass is 346 g/mol. The van der Waals surface area contributed by atoms with Gasteiger partial charge in [-0.2, -0.15) is 0 Å². The molecular formula is C17H34N2Se. The first-order valence-corrected chi connectivity index (χ1v) is 11.1. The molecule has 2 rings (SSSR count). The molecule has 0 radical (unpaired) electrons. The molecule has 118 valence electrons. The van der Waals surface area contributed by atoms with Crippen LogP contribution in [0.1, 0.15) is 77.0 Å². The molecule has 1 saturated heterocycles. The maximum atomic E-state index is 6.60. The van der Waals surface area contributed by atoms with Crippen LogP contribution < -0.4 is 11.5 Å². The minimum atomic E-state index is 0.448. The van der Waals surface area contributed by atoms with Crippen molar-refractivity contribution >= 4 is 15.0 Å². The third kappa shape index (κ3) is 5.67. The van der Waals surface area contributed by atoms with Crippen molar-refractivity contribution in [1.29, 1.82) is 0 Å². The van der Waals surface area contributed by atoms with Gasteiger partial charge in [0.15, 0.2) is 0 Å². The van der Waals surface area contributed by atoms with Gasteiger partial charge in [0.25, 0.3) is 0 Å². The van der Waals surface area contributed by atoms with Crippen LogP contribution in [0.25, 0.3) is 0 Å². The quantitative estimate of drug-likeness (QED) is 0.709. The predicted molar refractivity (Wildman–Crippen MR) is 89.2 cm³/mol. The van der Waals surface area contributed by atoms with E-state index in [-0.39, 0.29) is 0 Å². The first-order chi connectivity index (χ1) is 9.77. The molecule has 3 heteroatoms. The summed E-state index contributed by atoms with van der Waals surface area (Å²) in [5, 5.41) is 1.36. The van der Waals surface area contributed by atoms with Gasteiger partial charge in [0.2, 0.25) is 0 Å². The van der Waals surface area contributed by atoms with Gasteiger partial charge in [-0.3, -0.25) is 0 Å². The van der Waals surface area contributed by atoms with Crippen molar-refractivity contribution in [1.82, 2.24) is 0 Å². The fourth-order valence-electron chi connectivity index (χ4n) is 3.88. The molecule has 0 aromatic heterocycles. The van der Waals surface area contributed by atoms with Crippen LogP contribution in [0.4, 0.5) is 0 Å². The van der Waals surface area contributed by atoms with Gasteiger partial charge in [-0.1, -0.05) is 0 Å². The van der Waals surface area contributed by atoms with E-state index >= 15 is 0 Å². The zero-order chi connectivity index (χ0) is 14.2. The van der Waals surface area contributed by atoms with Crippen molar-refractivity contribution in [3.8, 4) is 0 Å². The molecular weight excluding hydrogens is 311 g/mol. The van der Waals surface area contributed by atoms with Gasteiger partial charge in [-0.15, -0.1) is 0 Å². The summed E-state index contributed by atoms with van der Waals surface area (Å²) in [6.07, 6.45) is 16.5. The molecule has 3 atom stereocenters. The average molecular weight is 345 g/mol. The molecule has 1 saturated carbocycles. The van der Waals surface area contributed by atoms with Crippen LogP contribution in [0.15, 0.2) is 0 Å². The first kappa shape index (κ1) is 16.8. The normalized spacial score (nSPS) is 36.0. The summed E-state index contributed by atoms with van der Waals surface area (Å²) in [4.78, 5) is 0.839. The fraction of sp³-hybridized carbons (Fsp3) is 1.00.